The summed E-state index contributed by atoms with van der Waals surface area (Å²) in [5.41, 5.74) is 0. The molecule has 0 saturated carbocycles. The van der Waals surface area contributed by atoms with Gasteiger partial charge in [0, 0.05) is 32.7 Å². The van der Waals surface area contributed by atoms with Gasteiger partial charge in [-0.25, -0.2) is 0 Å². The standard InChI is InChI=1S/C23H25N5O5S/c1-2-28-21(18-8-5-13-31-18)24-25-23(28)34-15-20(29)26-9-11-27(12-10-26)22(30)19-14-32-16-6-3-4-7-17(16)33-19/h3-8,13,19H,2,9-12,14-15H2,1H3. The molecule has 34 heavy (non-hydrogen) atoms. The predicted octanol–water partition coefficient (Wildman–Crippen LogP) is 2.16. The molecular weight excluding hydrogens is 458 g/mol. The van der Waals surface area contributed by atoms with Gasteiger partial charge in [0.2, 0.25) is 12.0 Å². The van der Waals surface area contributed by atoms with Crippen LogP contribution in [0, 0.1) is 0 Å². The molecule has 0 radical (unpaired) electrons. The van der Waals surface area contributed by atoms with Crippen molar-refractivity contribution in [2.75, 3.05) is 38.5 Å². The third-order valence-electron chi connectivity index (χ3n) is 5.83. The summed E-state index contributed by atoms with van der Waals surface area (Å²) in [7, 11) is 0. The van der Waals surface area contributed by atoms with Gasteiger partial charge in [-0.1, -0.05) is 23.9 Å². The predicted molar refractivity (Wildman–Crippen MR) is 124 cm³/mol. The van der Waals surface area contributed by atoms with Gasteiger partial charge in [0.25, 0.3) is 5.91 Å². The molecule has 0 aliphatic carbocycles. The van der Waals surface area contributed by atoms with E-state index in [0.717, 1.165) is 0 Å². The first-order valence-corrected chi connectivity index (χ1v) is 12.2. The summed E-state index contributed by atoms with van der Waals surface area (Å²) in [5.74, 6) is 2.66. The lowest BCUT2D eigenvalue weighted by Gasteiger charge is -2.37. The highest BCUT2D eigenvalue weighted by Gasteiger charge is 2.33. The number of thioether (sulfide) groups is 1. The maximum atomic E-state index is 12.9. The van der Waals surface area contributed by atoms with Crippen molar-refractivity contribution in [2.24, 2.45) is 0 Å². The molecule has 1 saturated heterocycles. The Morgan fingerprint density at radius 2 is 1.79 bits per heavy atom. The number of nitrogens with zero attached hydrogens (tertiary/aromatic N) is 5. The average molecular weight is 484 g/mol. The van der Waals surface area contributed by atoms with Crippen LogP contribution in [0.4, 0.5) is 0 Å². The highest BCUT2D eigenvalue weighted by molar-refractivity contribution is 7.99. The van der Waals surface area contributed by atoms with E-state index in [-0.39, 0.29) is 24.2 Å². The second-order valence-electron chi connectivity index (χ2n) is 7.89. The van der Waals surface area contributed by atoms with Crippen LogP contribution in [-0.4, -0.2) is 81.0 Å². The van der Waals surface area contributed by atoms with E-state index in [2.05, 4.69) is 10.2 Å². The number of benzene rings is 1. The van der Waals surface area contributed by atoms with Crippen molar-refractivity contribution in [1.29, 1.82) is 0 Å². The number of fused-ring (bicyclic) bond motifs is 1. The fourth-order valence-electron chi connectivity index (χ4n) is 4.01. The fourth-order valence-corrected chi connectivity index (χ4v) is 4.91. The Labute approximate surface area is 200 Å². The molecule has 1 unspecified atom stereocenters. The molecule has 10 nitrogen and oxygen atoms in total. The van der Waals surface area contributed by atoms with Gasteiger partial charge in [0.05, 0.1) is 12.0 Å². The van der Waals surface area contributed by atoms with E-state index in [4.69, 9.17) is 13.9 Å². The summed E-state index contributed by atoms with van der Waals surface area (Å²) in [5, 5.41) is 9.12. The maximum Gasteiger partial charge on any atom is 0.267 e. The summed E-state index contributed by atoms with van der Waals surface area (Å²) in [6, 6.07) is 11.0. The van der Waals surface area contributed by atoms with Crippen molar-refractivity contribution in [2.45, 2.75) is 24.7 Å². The van der Waals surface area contributed by atoms with Crippen LogP contribution in [0.1, 0.15) is 6.92 Å². The molecule has 1 aromatic carbocycles. The number of hydrogen-bond donors (Lipinski definition) is 0. The number of carbonyl (C=O) groups is 2. The summed E-state index contributed by atoms with van der Waals surface area (Å²) >= 11 is 1.35. The minimum atomic E-state index is -0.670. The molecule has 2 aliphatic rings. The highest BCUT2D eigenvalue weighted by Crippen LogP contribution is 2.31. The summed E-state index contributed by atoms with van der Waals surface area (Å²) in [6.07, 6.45) is 0.924. The number of para-hydroxylation sites is 2. The minimum Gasteiger partial charge on any atom is -0.485 e. The van der Waals surface area contributed by atoms with E-state index in [1.165, 1.54) is 11.8 Å². The molecule has 2 amide bonds. The molecule has 1 fully saturated rings. The topological polar surface area (TPSA) is 103 Å². The minimum absolute atomic E-state index is 0.00785. The van der Waals surface area contributed by atoms with Crippen molar-refractivity contribution in [3.05, 3.63) is 42.7 Å². The van der Waals surface area contributed by atoms with Crippen molar-refractivity contribution in [3.8, 4) is 23.1 Å². The van der Waals surface area contributed by atoms with Crippen molar-refractivity contribution in [3.63, 3.8) is 0 Å². The van der Waals surface area contributed by atoms with Gasteiger partial charge in [0.15, 0.2) is 28.2 Å². The van der Waals surface area contributed by atoms with Gasteiger partial charge in [-0.2, -0.15) is 0 Å². The van der Waals surface area contributed by atoms with Crippen LogP contribution in [0.15, 0.2) is 52.2 Å². The molecule has 178 valence electrons. The molecule has 1 atom stereocenters. The lowest BCUT2D eigenvalue weighted by molar-refractivity contribution is -0.145. The van der Waals surface area contributed by atoms with Gasteiger partial charge in [-0.05, 0) is 31.2 Å². The molecule has 11 heteroatoms. The number of piperazine rings is 1. The lowest BCUT2D eigenvalue weighted by Crippen LogP contribution is -2.55. The van der Waals surface area contributed by atoms with Crippen LogP contribution < -0.4 is 9.47 Å². The summed E-state index contributed by atoms with van der Waals surface area (Å²) in [4.78, 5) is 29.2. The van der Waals surface area contributed by atoms with Crippen LogP contribution in [0.5, 0.6) is 11.5 Å². The van der Waals surface area contributed by atoms with E-state index in [1.54, 1.807) is 28.2 Å². The Bertz CT molecular complexity index is 1160. The van der Waals surface area contributed by atoms with Crippen LogP contribution in [-0.2, 0) is 16.1 Å². The first kappa shape index (κ1) is 22.3. The Balaban J connectivity index is 1.12. The number of carbonyl (C=O) groups excluding carboxylic acids is 2. The van der Waals surface area contributed by atoms with Crippen molar-refractivity contribution in [1.82, 2.24) is 24.6 Å². The van der Waals surface area contributed by atoms with Crippen LogP contribution in [0.25, 0.3) is 11.6 Å². The molecule has 0 N–H and O–H groups in total. The summed E-state index contributed by atoms with van der Waals surface area (Å²) in [6.45, 7) is 4.73. The smallest absolute Gasteiger partial charge is 0.267 e. The largest absolute Gasteiger partial charge is 0.485 e. The molecule has 2 aromatic heterocycles. The number of furan rings is 1. The molecule has 4 heterocycles. The molecule has 0 spiro atoms. The zero-order valence-corrected chi connectivity index (χ0v) is 19.6. The summed E-state index contributed by atoms with van der Waals surface area (Å²) < 4.78 is 18.9. The molecule has 5 rings (SSSR count). The quantitative estimate of drug-likeness (QED) is 0.492. The zero-order chi connectivity index (χ0) is 23.5. The van der Waals surface area contributed by atoms with E-state index in [1.807, 2.05) is 35.8 Å². The SMILES string of the molecule is CCn1c(SCC(=O)N2CCN(C(=O)C3COc4ccccc4O3)CC2)nnc1-c1ccco1. The monoisotopic (exact) mass is 483 g/mol. The van der Waals surface area contributed by atoms with Gasteiger partial charge in [-0.15, -0.1) is 10.2 Å². The fraction of sp³-hybridized carbons (Fsp3) is 0.391. The number of rotatable bonds is 6. The molecular formula is C23H25N5O5S. The van der Waals surface area contributed by atoms with Gasteiger partial charge < -0.3 is 23.7 Å². The Morgan fingerprint density at radius 1 is 1.03 bits per heavy atom. The van der Waals surface area contributed by atoms with Crippen LogP contribution in [0.3, 0.4) is 0 Å². The first-order chi connectivity index (χ1) is 16.6. The molecule has 2 aliphatic heterocycles. The maximum absolute atomic E-state index is 12.9. The Hall–Kier alpha value is -3.47. The third kappa shape index (κ3) is 4.47. The van der Waals surface area contributed by atoms with E-state index < -0.39 is 6.10 Å². The van der Waals surface area contributed by atoms with Crippen LogP contribution >= 0.6 is 11.8 Å². The van der Waals surface area contributed by atoms with Crippen molar-refractivity contribution < 1.29 is 23.5 Å². The third-order valence-corrected chi connectivity index (χ3v) is 6.78. The zero-order valence-electron chi connectivity index (χ0n) is 18.8. The van der Waals surface area contributed by atoms with Gasteiger partial charge in [0.1, 0.15) is 6.61 Å². The second-order valence-corrected chi connectivity index (χ2v) is 8.83. The van der Waals surface area contributed by atoms with E-state index >= 15 is 0 Å². The highest BCUT2D eigenvalue weighted by atomic mass is 32.2. The normalized spacial score (nSPS) is 17.6. The van der Waals surface area contributed by atoms with E-state index in [9.17, 15) is 9.59 Å². The number of hydrogen-bond acceptors (Lipinski definition) is 8. The number of ether oxygens (including phenoxy) is 2. The molecule has 0 bridgehead atoms. The Kier molecular flexibility index (Phi) is 6.43. The van der Waals surface area contributed by atoms with Gasteiger partial charge in [-0.3, -0.25) is 14.2 Å². The number of amides is 2. The van der Waals surface area contributed by atoms with Crippen LogP contribution in [0.2, 0.25) is 0 Å². The molecule has 3 aromatic rings. The van der Waals surface area contributed by atoms with E-state index in [0.29, 0.717) is 61.0 Å². The number of aromatic nitrogens is 3. The lowest BCUT2D eigenvalue weighted by atomic mass is 10.2. The average Bonchev–Trinajstić information content (AvgIpc) is 3.56. The Morgan fingerprint density at radius 3 is 2.53 bits per heavy atom. The van der Waals surface area contributed by atoms with Gasteiger partial charge >= 0.3 is 0 Å². The first-order valence-electron chi connectivity index (χ1n) is 11.2. The van der Waals surface area contributed by atoms with Crippen molar-refractivity contribution >= 4 is 23.6 Å². The second kappa shape index (κ2) is 9.80.